The minimum Gasteiger partial charge on any atom is -0.481 e. The quantitative estimate of drug-likeness (QED) is 0.225. The van der Waals surface area contributed by atoms with E-state index in [1.54, 1.807) is 25.1 Å². The molecule has 2 N–H and O–H groups in total. The zero-order valence-corrected chi connectivity index (χ0v) is 25.4. The highest BCUT2D eigenvalue weighted by molar-refractivity contribution is 5.85. The number of nitrogens with zero attached hydrogens (tertiary/aromatic N) is 1. The number of aromatic nitrogens is 1. The summed E-state index contributed by atoms with van der Waals surface area (Å²) in [6, 6.07) is 8.16. The molecule has 2 heterocycles. The molecular formula is C34H29F5N2O6. The molecule has 2 atom stereocenters. The molecule has 0 aliphatic carbocycles. The first-order valence-electron chi connectivity index (χ1n) is 14.4. The van der Waals surface area contributed by atoms with Crippen LogP contribution in [-0.2, 0) is 26.9 Å². The number of carboxylic acid groups (broad SMARTS) is 1. The molecule has 1 unspecified atom stereocenters. The van der Waals surface area contributed by atoms with Crippen molar-refractivity contribution in [1.29, 1.82) is 0 Å². The number of halogens is 5. The van der Waals surface area contributed by atoms with Gasteiger partial charge in [0.1, 0.15) is 29.2 Å². The summed E-state index contributed by atoms with van der Waals surface area (Å²) in [6.07, 6.45) is -5.28. The van der Waals surface area contributed by atoms with Gasteiger partial charge < -0.3 is 19.9 Å². The standard InChI is InChI=1S/C34H29F5N2O6/c1-17-5-4-6-27-30(17)20-11-18(2)31(36)23(12-20)26(15-29(43)44)40-33(45)32(22-13-21(47-27)7-8-25(22)35)41-16-19(9-10-46-3)24(14-28(41)42)34(37,38)39/h4-8,11-14,16,26,32H,9-10,15H2,1-3H3,(H,40,45)(H,43,44)/t26-,32?/m0/s1. The Balaban J connectivity index is 1.82. The van der Waals surface area contributed by atoms with Gasteiger partial charge in [-0.1, -0.05) is 12.1 Å². The number of benzene rings is 3. The SMILES string of the molecule is COCCc1cn(C2C(=O)N[C@@H](CC(=O)O)c3cc(cc(C)c3F)-c3c(C)cccc3Oc3ccc(F)c2c3)c(=O)cc1C(F)(F)F. The van der Waals surface area contributed by atoms with Gasteiger partial charge in [-0.15, -0.1) is 0 Å². The molecule has 3 aromatic carbocycles. The van der Waals surface area contributed by atoms with Gasteiger partial charge in [-0.25, -0.2) is 8.78 Å². The molecule has 4 bridgehead atoms. The molecule has 1 aliphatic heterocycles. The predicted molar refractivity (Wildman–Crippen MR) is 160 cm³/mol. The van der Waals surface area contributed by atoms with Crippen LogP contribution in [0.2, 0.25) is 0 Å². The highest BCUT2D eigenvalue weighted by Crippen LogP contribution is 2.40. The number of methoxy groups -OCH3 is 1. The molecule has 1 aromatic heterocycles. The van der Waals surface area contributed by atoms with Crippen molar-refractivity contribution in [1.82, 2.24) is 9.88 Å². The zero-order chi connectivity index (χ0) is 34.2. The lowest BCUT2D eigenvalue weighted by Gasteiger charge is -2.26. The van der Waals surface area contributed by atoms with E-state index in [1.165, 1.54) is 32.2 Å². The van der Waals surface area contributed by atoms with Gasteiger partial charge in [-0.3, -0.25) is 19.0 Å². The van der Waals surface area contributed by atoms with E-state index >= 15 is 8.78 Å². The molecule has 246 valence electrons. The number of hydrogen-bond donors (Lipinski definition) is 2. The van der Waals surface area contributed by atoms with E-state index in [-0.39, 0.29) is 35.7 Å². The minimum atomic E-state index is -4.94. The van der Waals surface area contributed by atoms with Gasteiger partial charge in [0.25, 0.3) is 5.56 Å². The maximum atomic E-state index is 15.8. The lowest BCUT2D eigenvalue weighted by Crippen LogP contribution is -2.41. The highest BCUT2D eigenvalue weighted by Gasteiger charge is 2.37. The lowest BCUT2D eigenvalue weighted by molar-refractivity contribution is -0.139. The maximum Gasteiger partial charge on any atom is 0.416 e. The molecule has 0 spiro atoms. The lowest BCUT2D eigenvalue weighted by atomic mass is 9.92. The van der Waals surface area contributed by atoms with Crippen molar-refractivity contribution < 1.29 is 46.1 Å². The van der Waals surface area contributed by atoms with Gasteiger partial charge in [-0.05, 0) is 78.9 Å². The number of amides is 1. The molecule has 0 fully saturated rings. The number of rotatable bonds is 6. The minimum absolute atomic E-state index is 0.0195. The van der Waals surface area contributed by atoms with Crippen molar-refractivity contribution in [2.24, 2.45) is 0 Å². The molecule has 47 heavy (non-hydrogen) atoms. The van der Waals surface area contributed by atoms with Crippen LogP contribution in [0.15, 0.2) is 65.6 Å². The van der Waals surface area contributed by atoms with Crippen LogP contribution in [0, 0.1) is 25.5 Å². The molecule has 4 aromatic rings. The van der Waals surface area contributed by atoms with Gasteiger partial charge in [0, 0.05) is 36.1 Å². The van der Waals surface area contributed by atoms with E-state index in [1.807, 2.05) is 0 Å². The van der Waals surface area contributed by atoms with E-state index in [0.29, 0.717) is 27.3 Å². The monoisotopic (exact) mass is 656 g/mol. The average Bonchev–Trinajstić information content (AvgIpc) is 2.99. The Hall–Kier alpha value is -5.04. The van der Waals surface area contributed by atoms with Crippen LogP contribution in [0.5, 0.6) is 11.5 Å². The summed E-state index contributed by atoms with van der Waals surface area (Å²) < 4.78 is 85.0. The summed E-state index contributed by atoms with van der Waals surface area (Å²) in [5.74, 6) is -4.14. The summed E-state index contributed by atoms with van der Waals surface area (Å²) >= 11 is 0. The van der Waals surface area contributed by atoms with Crippen LogP contribution in [-0.4, -0.2) is 35.3 Å². The van der Waals surface area contributed by atoms with Crippen molar-refractivity contribution in [3.8, 4) is 22.6 Å². The van der Waals surface area contributed by atoms with Crippen LogP contribution < -0.4 is 15.6 Å². The topological polar surface area (TPSA) is 107 Å². The summed E-state index contributed by atoms with van der Waals surface area (Å²) in [5, 5.41) is 12.2. The molecule has 5 rings (SSSR count). The second kappa shape index (κ2) is 13.0. The molecule has 1 aliphatic rings. The van der Waals surface area contributed by atoms with E-state index in [0.717, 1.165) is 18.3 Å². The maximum absolute atomic E-state index is 15.8. The van der Waals surface area contributed by atoms with Gasteiger partial charge in [0.2, 0.25) is 5.91 Å². The first-order valence-corrected chi connectivity index (χ1v) is 14.4. The molecule has 8 nitrogen and oxygen atoms in total. The van der Waals surface area contributed by atoms with Gasteiger partial charge in [0.05, 0.1) is 24.6 Å². The number of carbonyl (C=O) groups is 2. The number of carboxylic acids is 1. The normalized spacial score (nSPS) is 16.2. The Labute approximate surface area is 265 Å². The van der Waals surface area contributed by atoms with Crippen LogP contribution in [0.4, 0.5) is 22.0 Å². The molecule has 13 heteroatoms. The van der Waals surface area contributed by atoms with E-state index in [9.17, 15) is 32.7 Å². The number of pyridine rings is 1. The number of aliphatic carboxylic acids is 1. The largest absolute Gasteiger partial charge is 0.481 e. The molecule has 1 amide bonds. The molecule has 0 radical (unpaired) electrons. The van der Waals surface area contributed by atoms with Crippen molar-refractivity contribution >= 4 is 11.9 Å². The Kier molecular flexibility index (Phi) is 9.21. The fraction of sp³-hybridized carbons (Fsp3) is 0.265. The van der Waals surface area contributed by atoms with Gasteiger partial charge in [0.15, 0.2) is 0 Å². The van der Waals surface area contributed by atoms with Crippen molar-refractivity contribution in [3.63, 3.8) is 0 Å². The van der Waals surface area contributed by atoms with Crippen LogP contribution in [0.1, 0.15) is 51.9 Å². The fourth-order valence-corrected chi connectivity index (χ4v) is 5.76. The number of hydrogen-bond acceptors (Lipinski definition) is 5. The highest BCUT2D eigenvalue weighted by atomic mass is 19.4. The third kappa shape index (κ3) is 6.75. The van der Waals surface area contributed by atoms with E-state index < -0.39 is 70.4 Å². The Morgan fingerprint density at radius 1 is 1.02 bits per heavy atom. The van der Waals surface area contributed by atoms with E-state index in [2.05, 4.69) is 5.32 Å². The summed E-state index contributed by atoms with van der Waals surface area (Å²) in [6.45, 7) is 3.06. The van der Waals surface area contributed by atoms with Crippen LogP contribution in [0.25, 0.3) is 11.1 Å². The van der Waals surface area contributed by atoms with Crippen molar-refractivity contribution in [3.05, 3.63) is 116 Å². The number of fused-ring (bicyclic) bond motifs is 6. The number of ether oxygens (including phenoxy) is 2. The third-order valence-electron chi connectivity index (χ3n) is 7.94. The first-order chi connectivity index (χ1) is 22.2. The Morgan fingerprint density at radius 2 is 1.77 bits per heavy atom. The summed E-state index contributed by atoms with van der Waals surface area (Å²) in [4.78, 5) is 39.5. The zero-order valence-electron chi connectivity index (χ0n) is 25.4. The second-order valence-corrected chi connectivity index (χ2v) is 11.2. The Morgan fingerprint density at radius 3 is 2.45 bits per heavy atom. The van der Waals surface area contributed by atoms with Crippen LogP contribution >= 0.6 is 0 Å². The van der Waals surface area contributed by atoms with Crippen molar-refractivity contribution in [2.45, 2.75) is 44.9 Å². The predicted octanol–water partition coefficient (Wildman–Crippen LogP) is 6.65. The number of aryl methyl sites for hydroxylation is 2. The molecule has 0 saturated carbocycles. The molecular weight excluding hydrogens is 627 g/mol. The average molecular weight is 657 g/mol. The Bertz CT molecular complexity index is 1940. The van der Waals surface area contributed by atoms with E-state index in [4.69, 9.17) is 9.47 Å². The molecule has 0 saturated heterocycles. The number of alkyl halides is 3. The van der Waals surface area contributed by atoms with Gasteiger partial charge >= 0.3 is 12.1 Å². The fourth-order valence-electron chi connectivity index (χ4n) is 5.76. The second-order valence-electron chi connectivity index (χ2n) is 11.2. The summed E-state index contributed by atoms with van der Waals surface area (Å²) in [5.41, 5.74) is -1.87. The number of nitrogens with one attached hydrogen (secondary N) is 1. The number of carbonyl (C=O) groups excluding carboxylic acids is 1. The van der Waals surface area contributed by atoms with Crippen LogP contribution in [0.3, 0.4) is 0 Å². The van der Waals surface area contributed by atoms with Gasteiger partial charge in [-0.2, -0.15) is 13.2 Å². The third-order valence-corrected chi connectivity index (χ3v) is 7.94. The summed E-state index contributed by atoms with van der Waals surface area (Å²) in [7, 11) is 1.27. The smallest absolute Gasteiger partial charge is 0.416 e. The first kappa shape index (κ1) is 33.3. The van der Waals surface area contributed by atoms with Crippen molar-refractivity contribution in [2.75, 3.05) is 13.7 Å².